The topological polar surface area (TPSA) is 40.2 Å². The van der Waals surface area contributed by atoms with Crippen LogP contribution in [0.3, 0.4) is 0 Å². The van der Waals surface area contributed by atoms with Gasteiger partial charge in [0, 0.05) is 24.2 Å². The molecule has 3 heteroatoms. The molecule has 0 saturated carbocycles. The largest absolute Gasteiger partial charge is 0.495 e. The molecule has 1 aromatic carbocycles. The fourth-order valence-corrected chi connectivity index (χ4v) is 2.31. The van der Waals surface area contributed by atoms with Gasteiger partial charge in [-0.1, -0.05) is 0 Å². The van der Waals surface area contributed by atoms with E-state index < -0.39 is 0 Å². The Hall–Kier alpha value is -1.48. The SMILES string of the molecule is COc1cc(C)cc2c(C(C)(C)N)cn(C)c12. The summed E-state index contributed by atoms with van der Waals surface area (Å²) >= 11 is 0. The number of aryl methyl sites for hydroxylation is 2. The summed E-state index contributed by atoms with van der Waals surface area (Å²) in [5.74, 6) is 0.901. The zero-order valence-electron chi connectivity index (χ0n) is 11.2. The van der Waals surface area contributed by atoms with Crippen molar-refractivity contribution in [2.24, 2.45) is 12.8 Å². The summed E-state index contributed by atoms with van der Waals surface area (Å²) in [5, 5.41) is 1.18. The second kappa shape index (κ2) is 3.77. The van der Waals surface area contributed by atoms with Crippen LogP contribution in [0.15, 0.2) is 18.3 Å². The number of fused-ring (bicyclic) bond motifs is 1. The molecule has 0 atom stereocenters. The highest BCUT2D eigenvalue weighted by Crippen LogP contribution is 2.34. The summed E-state index contributed by atoms with van der Waals surface area (Å²) in [7, 11) is 3.73. The smallest absolute Gasteiger partial charge is 0.143 e. The summed E-state index contributed by atoms with van der Waals surface area (Å²) in [6.07, 6.45) is 2.09. The van der Waals surface area contributed by atoms with Gasteiger partial charge >= 0.3 is 0 Å². The molecule has 0 amide bonds. The van der Waals surface area contributed by atoms with Gasteiger partial charge in [-0.05, 0) is 44.0 Å². The van der Waals surface area contributed by atoms with Gasteiger partial charge in [0.1, 0.15) is 5.75 Å². The molecule has 0 aliphatic rings. The van der Waals surface area contributed by atoms with Gasteiger partial charge in [-0.25, -0.2) is 0 Å². The molecule has 0 aliphatic carbocycles. The highest BCUT2D eigenvalue weighted by molar-refractivity contribution is 5.90. The number of methoxy groups -OCH3 is 1. The maximum atomic E-state index is 6.22. The van der Waals surface area contributed by atoms with Crippen LogP contribution in [0.2, 0.25) is 0 Å². The van der Waals surface area contributed by atoms with E-state index in [1.807, 2.05) is 20.9 Å². The van der Waals surface area contributed by atoms with Gasteiger partial charge in [0.15, 0.2) is 0 Å². The van der Waals surface area contributed by atoms with Crippen molar-refractivity contribution < 1.29 is 4.74 Å². The predicted octanol–water partition coefficient (Wildman–Crippen LogP) is 2.69. The lowest BCUT2D eigenvalue weighted by Crippen LogP contribution is -2.28. The maximum Gasteiger partial charge on any atom is 0.143 e. The zero-order chi connectivity index (χ0) is 12.8. The molecule has 0 spiro atoms. The molecule has 17 heavy (non-hydrogen) atoms. The molecule has 0 unspecified atom stereocenters. The molecule has 0 aliphatic heterocycles. The van der Waals surface area contributed by atoms with Crippen molar-refractivity contribution in [2.45, 2.75) is 26.3 Å². The Bertz CT molecular complexity index is 562. The highest BCUT2D eigenvalue weighted by atomic mass is 16.5. The second-order valence-electron chi connectivity index (χ2n) is 5.24. The standard InChI is InChI=1S/C14H20N2O/c1-9-6-10-11(14(2,3)15)8-16(4)13(10)12(7-9)17-5/h6-8H,15H2,1-5H3. The number of nitrogens with two attached hydrogens (primary N) is 1. The Morgan fingerprint density at radius 3 is 2.47 bits per heavy atom. The fourth-order valence-electron chi connectivity index (χ4n) is 2.31. The van der Waals surface area contributed by atoms with Crippen LogP contribution < -0.4 is 10.5 Å². The predicted molar refractivity (Wildman–Crippen MR) is 71.4 cm³/mol. The first-order valence-corrected chi connectivity index (χ1v) is 5.77. The summed E-state index contributed by atoms with van der Waals surface area (Å²) < 4.78 is 7.53. The van der Waals surface area contributed by atoms with Gasteiger partial charge in [0.2, 0.25) is 0 Å². The first kappa shape index (κ1) is 12.0. The molecule has 2 rings (SSSR count). The molecule has 2 N–H and O–H groups in total. The molecule has 3 nitrogen and oxygen atoms in total. The minimum absolute atomic E-state index is 0.349. The molecule has 0 saturated heterocycles. The third-order valence-electron chi connectivity index (χ3n) is 3.10. The number of benzene rings is 1. The Balaban J connectivity index is 2.87. The van der Waals surface area contributed by atoms with Gasteiger partial charge in [0.05, 0.1) is 12.6 Å². The maximum absolute atomic E-state index is 6.22. The van der Waals surface area contributed by atoms with Crippen molar-refractivity contribution in [3.8, 4) is 5.75 Å². The number of hydrogen-bond acceptors (Lipinski definition) is 2. The first-order valence-electron chi connectivity index (χ1n) is 5.77. The van der Waals surface area contributed by atoms with E-state index in [-0.39, 0.29) is 5.54 Å². The molecule has 0 bridgehead atoms. The zero-order valence-corrected chi connectivity index (χ0v) is 11.2. The number of nitrogens with zero attached hydrogens (tertiary/aromatic N) is 1. The van der Waals surface area contributed by atoms with Gasteiger partial charge in [-0.15, -0.1) is 0 Å². The van der Waals surface area contributed by atoms with Crippen LogP contribution in [-0.4, -0.2) is 11.7 Å². The molecule has 0 fully saturated rings. The average molecular weight is 232 g/mol. The summed E-state index contributed by atoms with van der Waals surface area (Å²) in [6.45, 7) is 6.12. The van der Waals surface area contributed by atoms with E-state index in [0.29, 0.717) is 0 Å². The number of hydrogen-bond donors (Lipinski definition) is 1. The fraction of sp³-hybridized carbons (Fsp3) is 0.429. The third kappa shape index (κ3) is 1.91. The molecule has 1 aromatic heterocycles. The minimum atomic E-state index is -0.349. The molecular formula is C14H20N2O. The van der Waals surface area contributed by atoms with E-state index in [9.17, 15) is 0 Å². The molecule has 1 heterocycles. The molecule has 2 aromatic rings. The van der Waals surface area contributed by atoms with Crippen LogP contribution in [0, 0.1) is 6.92 Å². The van der Waals surface area contributed by atoms with Crippen LogP contribution >= 0.6 is 0 Å². The summed E-state index contributed by atoms with van der Waals surface area (Å²) in [5.41, 5.74) is 9.31. The van der Waals surface area contributed by atoms with E-state index in [1.165, 1.54) is 10.9 Å². The lowest BCUT2D eigenvalue weighted by atomic mass is 9.94. The van der Waals surface area contributed by atoms with Crippen molar-refractivity contribution in [1.29, 1.82) is 0 Å². The Kier molecular flexibility index (Phi) is 2.66. The number of ether oxygens (including phenoxy) is 1. The first-order chi connectivity index (χ1) is 7.84. The normalized spacial score (nSPS) is 12.1. The molecule has 92 valence electrons. The van der Waals surface area contributed by atoms with Crippen molar-refractivity contribution in [3.05, 3.63) is 29.5 Å². The second-order valence-corrected chi connectivity index (χ2v) is 5.24. The van der Waals surface area contributed by atoms with E-state index in [4.69, 9.17) is 10.5 Å². The van der Waals surface area contributed by atoms with Crippen LogP contribution in [0.4, 0.5) is 0 Å². The van der Waals surface area contributed by atoms with Crippen molar-refractivity contribution in [3.63, 3.8) is 0 Å². The Morgan fingerprint density at radius 2 is 1.94 bits per heavy atom. The highest BCUT2D eigenvalue weighted by Gasteiger charge is 2.21. The van der Waals surface area contributed by atoms with E-state index in [2.05, 4.69) is 29.8 Å². The van der Waals surface area contributed by atoms with Crippen LogP contribution in [0.25, 0.3) is 10.9 Å². The van der Waals surface area contributed by atoms with Gasteiger partial charge in [-0.3, -0.25) is 0 Å². The summed E-state index contributed by atoms with van der Waals surface area (Å²) in [6, 6.07) is 4.22. The summed E-state index contributed by atoms with van der Waals surface area (Å²) in [4.78, 5) is 0. The van der Waals surface area contributed by atoms with Gasteiger partial charge < -0.3 is 15.0 Å². The minimum Gasteiger partial charge on any atom is -0.495 e. The van der Waals surface area contributed by atoms with Crippen LogP contribution in [0.5, 0.6) is 5.75 Å². The van der Waals surface area contributed by atoms with Crippen molar-refractivity contribution in [2.75, 3.05) is 7.11 Å². The third-order valence-corrected chi connectivity index (χ3v) is 3.10. The van der Waals surface area contributed by atoms with Gasteiger partial charge in [0.25, 0.3) is 0 Å². The average Bonchev–Trinajstić information content (AvgIpc) is 2.54. The monoisotopic (exact) mass is 232 g/mol. The van der Waals surface area contributed by atoms with Crippen LogP contribution in [0.1, 0.15) is 25.0 Å². The van der Waals surface area contributed by atoms with E-state index in [1.54, 1.807) is 7.11 Å². The lowest BCUT2D eigenvalue weighted by molar-refractivity contribution is 0.417. The van der Waals surface area contributed by atoms with E-state index >= 15 is 0 Å². The molecular weight excluding hydrogens is 212 g/mol. The van der Waals surface area contributed by atoms with Crippen molar-refractivity contribution in [1.82, 2.24) is 4.57 Å². The number of rotatable bonds is 2. The Labute approximate surface area is 102 Å². The Morgan fingerprint density at radius 1 is 1.29 bits per heavy atom. The van der Waals surface area contributed by atoms with Gasteiger partial charge in [-0.2, -0.15) is 0 Å². The lowest BCUT2D eigenvalue weighted by Gasteiger charge is -2.18. The quantitative estimate of drug-likeness (QED) is 0.864. The van der Waals surface area contributed by atoms with Crippen LogP contribution in [-0.2, 0) is 12.6 Å². The number of aromatic nitrogens is 1. The van der Waals surface area contributed by atoms with E-state index in [0.717, 1.165) is 16.8 Å². The molecule has 0 radical (unpaired) electrons. The van der Waals surface area contributed by atoms with Crippen molar-refractivity contribution >= 4 is 10.9 Å².